The highest BCUT2D eigenvalue weighted by atomic mass is 16.6. The molecular formula is C21H23N5O3. The normalized spacial score (nSPS) is 10.6. The number of anilines is 1. The van der Waals surface area contributed by atoms with Gasteiger partial charge in [-0.1, -0.05) is 42.5 Å². The number of carbonyl (C=O) groups is 1. The number of aryl methyl sites for hydroxylation is 1. The minimum atomic E-state index is -0.436. The molecule has 8 nitrogen and oxygen atoms in total. The Morgan fingerprint density at radius 2 is 1.76 bits per heavy atom. The second kappa shape index (κ2) is 9.01. The van der Waals surface area contributed by atoms with E-state index in [1.807, 2.05) is 48.9 Å². The van der Waals surface area contributed by atoms with Crippen LogP contribution in [0.25, 0.3) is 0 Å². The van der Waals surface area contributed by atoms with Crippen molar-refractivity contribution in [3.05, 3.63) is 87.2 Å². The molecule has 3 aromatic rings. The van der Waals surface area contributed by atoms with Crippen LogP contribution in [0.5, 0.6) is 0 Å². The Bertz CT molecular complexity index is 1010. The van der Waals surface area contributed by atoms with E-state index < -0.39 is 4.92 Å². The lowest BCUT2D eigenvalue weighted by Crippen LogP contribution is -2.29. The van der Waals surface area contributed by atoms with Crippen molar-refractivity contribution in [2.75, 3.05) is 18.4 Å². The first-order chi connectivity index (χ1) is 14.0. The van der Waals surface area contributed by atoms with Crippen molar-refractivity contribution >= 4 is 17.3 Å². The molecule has 0 saturated heterocycles. The van der Waals surface area contributed by atoms with Crippen LogP contribution in [0.4, 0.5) is 11.4 Å². The number of nitro benzene ring substituents is 1. The van der Waals surface area contributed by atoms with Crippen molar-refractivity contribution in [2.24, 2.45) is 0 Å². The molecule has 0 bridgehead atoms. The second-order valence-electron chi connectivity index (χ2n) is 6.65. The van der Waals surface area contributed by atoms with Crippen LogP contribution in [-0.4, -0.2) is 33.7 Å². The van der Waals surface area contributed by atoms with Crippen molar-refractivity contribution in [3.63, 3.8) is 0 Å². The van der Waals surface area contributed by atoms with Gasteiger partial charge in [0.25, 0.3) is 11.6 Å². The van der Waals surface area contributed by atoms with E-state index >= 15 is 0 Å². The molecule has 1 amide bonds. The number of rotatable bonds is 8. The maximum absolute atomic E-state index is 12.6. The summed E-state index contributed by atoms with van der Waals surface area (Å²) >= 11 is 0. The average molecular weight is 393 g/mol. The molecule has 1 heterocycles. The SMILES string of the molecule is Cc1nn(Cc2ccccc2)c(C)c1C(=O)NCCNc1ccccc1[N+](=O)[O-]. The Morgan fingerprint density at radius 3 is 2.48 bits per heavy atom. The number of aromatic nitrogens is 2. The van der Waals surface area contributed by atoms with E-state index in [0.29, 0.717) is 36.6 Å². The van der Waals surface area contributed by atoms with E-state index in [0.717, 1.165) is 11.3 Å². The highest BCUT2D eigenvalue weighted by Crippen LogP contribution is 2.22. The fourth-order valence-corrected chi connectivity index (χ4v) is 3.18. The topological polar surface area (TPSA) is 102 Å². The molecule has 0 saturated carbocycles. The van der Waals surface area contributed by atoms with Gasteiger partial charge in [0.2, 0.25) is 0 Å². The van der Waals surface area contributed by atoms with Gasteiger partial charge >= 0.3 is 0 Å². The molecule has 0 radical (unpaired) electrons. The van der Waals surface area contributed by atoms with Gasteiger partial charge in [0.1, 0.15) is 5.69 Å². The van der Waals surface area contributed by atoms with E-state index in [4.69, 9.17) is 0 Å². The van der Waals surface area contributed by atoms with Crippen molar-refractivity contribution in [3.8, 4) is 0 Å². The molecule has 1 aromatic heterocycles. The minimum Gasteiger partial charge on any atom is -0.378 e. The third-order valence-electron chi connectivity index (χ3n) is 4.61. The van der Waals surface area contributed by atoms with Crippen LogP contribution < -0.4 is 10.6 Å². The lowest BCUT2D eigenvalue weighted by Gasteiger charge is -2.09. The van der Waals surface area contributed by atoms with Crippen LogP contribution in [0.15, 0.2) is 54.6 Å². The molecule has 0 aliphatic rings. The molecule has 0 unspecified atom stereocenters. The van der Waals surface area contributed by atoms with Crippen molar-refractivity contribution < 1.29 is 9.72 Å². The summed E-state index contributed by atoms with van der Waals surface area (Å²) in [7, 11) is 0. The first-order valence-corrected chi connectivity index (χ1v) is 9.31. The maximum atomic E-state index is 12.6. The summed E-state index contributed by atoms with van der Waals surface area (Å²) in [6.45, 7) is 4.99. The lowest BCUT2D eigenvalue weighted by molar-refractivity contribution is -0.384. The quantitative estimate of drug-likeness (QED) is 0.347. The molecular weight excluding hydrogens is 370 g/mol. The summed E-state index contributed by atoms with van der Waals surface area (Å²) in [5.41, 5.74) is 3.57. The molecule has 0 fully saturated rings. The number of nitro groups is 1. The fraction of sp³-hybridized carbons (Fsp3) is 0.238. The standard InChI is InChI=1S/C21H23N5O3/c1-15-20(16(2)25(24-15)14-17-8-4-3-5-9-17)21(27)23-13-12-22-18-10-6-7-11-19(18)26(28)29/h3-11,22H,12-14H2,1-2H3,(H,23,27). The molecule has 2 aromatic carbocycles. The number of nitrogens with one attached hydrogen (secondary N) is 2. The van der Waals surface area contributed by atoms with Crippen molar-refractivity contribution in [2.45, 2.75) is 20.4 Å². The zero-order valence-electron chi connectivity index (χ0n) is 16.4. The van der Waals surface area contributed by atoms with E-state index in [-0.39, 0.29) is 11.6 Å². The molecule has 29 heavy (non-hydrogen) atoms. The third kappa shape index (κ3) is 4.78. The molecule has 8 heteroatoms. The molecule has 3 rings (SSSR count). The van der Waals surface area contributed by atoms with Crippen LogP contribution in [0.3, 0.4) is 0 Å². The average Bonchev–Trinajstić information content (AvgIpc) is 2.99. The highest BCUT2D eigenvalue weighted by molar-refractivity contribution is 5.96. The molecule has 0 aliphatic carbocycles. The Kier molecular flexibility index (Phi) is 6.23. The summed E-state index contributed by atoms with van der Waals surface area (Å²) < 4.78 is 1.82. The predicted molar refractivity (Wildman–Crippen MR) is 111 cm³/mol. The van der Waals surface area contributed by atoms with E-state index in [1.165, 1.54) is 6.07 Å². The van der Waals surface area contributed by atoms with Gasteiger partial charge in [-0.2, -0.15) is 5.10 Å². The Labute approximate surface area is 168 Å². The van der Waals surface area contributed by atoms with Crippen LogP contribution in [0.2, 0.25) is 0 Å². The van der Waals surface area contributed by atoms with Gasteiger partial charge < -0.3 is 10.6 Å². The zero-order valence-corrected chi connectivity index (χ0v) is 16.4. The molecule has 0 atom stereocenters. The number of nitrogens with zero attached hydrogens (tertiary/aromatic N) is 3. The van der Waals surface area contributed by atoms with Crippen molar-refractivity contribution in [1.82, 2.24) is 15.1 Å². The highest BCUT2D eigenvalue weighted by Gasteiger charge is 2.18. The number of hydrogen-bond acceptors (Lipinski definition) is 5. The van der Waals surface area contributed by atoms with Crippen LogP contribution in [0.1, 0.15) is 27.3 Å². The van der Waals surface area contributed by atoms with Crippen LogP contribution in [-0.2, 0) is 6.54 Å². The monoisotopic (exact) mass is 393 g/mol. The van der Waals surface area contributed by atoms with Gasteiger partial charge in [0.05, 0.1) is 22.7 Å². The van der Waals surface area contributed by atoms with E-state index in [2.05, 4.69) is 15.7 Å². The van der Waals surface area contributed by atoms with E-state index in [9.17, 15) is 14.9 Å². The smallest absolute Gasteiger partial charge is 0.292 e. The van der Waals surface area contributed by atoms with Gasteiger partial charge in [-0.15, -0.1) is 0 Å². The zero-order chi connectivity index (χ0) is 20.8. The number of carbonyl (C=O) groups excluding carboxylic acids is 1. The van der Waals surface area contributed by atoms with Gasteiger partial charge in [0, 0.05) is 24.8 Å². The maximum Gasteiger partial charge on any atom is 0.292 e. The summed E-state index contributed by atoms with van der Waals surface area (Å²) in [5, 5.41) is 21.4. The molecule has 0 spiro atoms. The number of amides is 1. The number of para-hydroxylation sites is 2. The summed E-state index contributed by atoms with van der Waals surface area (Å²) in [5.74, 6) is -0.205. The fourth-order valence-electron chi connectivity index (χ4n) is 3.18. The largest absolute Gasteiger partial charge is 0.378 e. The predicted octanol–water partition coefficient (Wildman–Crippen LogP) is 3.30. The summed E-state index contributed by atoms with van der Waals surface area (Å²) in [6, 6.07) is 16.4. The van der Waals surface area contributed by atoms with Gasteiger partial charge in [-0.3, -0.25) is 19.6 Å². The number of benzene rings is 2. The molecule has 0 aliphatic heterocycles. The van der Waals surface area contributed by atoms with E-state index in [1.54, 1.807) is 18.2 Å². The lowest BCUT2D eigenvalue weighted by atomic mass is 10.1. The van der Waals surface area contributed by atoms with Crippen LogP contribution >= 0.6 is 0 Å². The molecule has 2 N–H and O–H groups in total. The third-order valence-corrected chi connectivity index (χ3v) is 4.61. The van der Waals surface area contributed by atoms with Gasteiger partial charge in [-0.25, -0.2) is 0 Å². The van der Waals surface area contributed by atoms with Crippen LogP contribution in [0, 0.1) is 24.0 Å². The second-order valence-corrected chi connectivity index (χ2v) is 6.65. The van der Waals surface area contributed by atoms with Gasteiger partial charge in [0.15, 0.2) is 0 Å². The Morgan fingerprint density at radius 1 is 1.07 bits per heavy atom. The summed E-state index contributed by atoms with van der Waals surface area (Å²) in [6.07, 6.45) is 0. The first-order valence-electron chi connectivity index (χ1n) is 9.31. The number of hydrogen-bond donors (Lipinski definition) is 2. The summed E-state index contributed by atoms with van der Waals surface area (Å²) in [4.78, 5) is 23.2. The molecule has 150 valence electrons. The Hall–Kier alpha value is -3.68. The minimum absolute atomic E-state index is 0.00713. The van der Waals surface area contributed by atoms with Crippen molar-refractivity contribution in [1.29, 1.82) is 0 Å². The van der Waals surface area contributed by atoms with Gasteiger partial charge in [-0.05, 0) is 25.5 Å². The Balaban J connectivity index is 1.59. The first kappa shape index (κ1) is 20.1.